The standard InChI is InChI=1S/C23H27N3O3/c1-29-20-11-9-18(10-12-20)22-14-21(17-6-3-2-4-7-17)24-26(22)23(28)16-25-13-5-8-19(27)15-25/h2-4,6-7,9-12,19,22,27H,5,8,13-16H2,1H3. The van der Waals surface area contributed by atoms with Gasteiger partial charge < -0.3 is 9.84 Å². The molecule has 2 atom stereocenters. The zero-order valence-corrected chi connectivity index (χ0v) is 16.7. The van der Waals surface area contributed by atoms with Gasteiger partial charge in [0.25, 0.3) is 5.91 Å². The molecule has 152 valence electrons. The first-order chi connectivity index (χ1) is 14.1. The van der Waals surface area contributed by atoms with Crippen LogP contribution in [0, 0.1) is 0 Å². The Labute approximate surface area is 171 Å². The molecule has 0 aromatic heterocycles. The van der Waals surface area contributed by atoms with Gasteiger partial charge in [-0.2, -0.15) is 5.10 Å². The van der Waals surface area contributed by atoms with Gasteiger partial charge in [-0.25, -0.2) is 5.01 Å². The number of carbonyl (C=O) groups is 1. The topological polar surface area (TPSA) is 65.4 Å². The number of hydrazone groups is 1. The molecule has 2 aromatic rings. The number of β-amino-alcohol motifs (C(OH)–C–C–N with tert-alkyl or cyclic N) is 1. The second-order valence-electron chi connectivity index (χ2n) is 7.68. The number of ether oxygens (including phenoxy) is 1. The Morgan fingerprint density at radius 2 is 1.93 bits per heavy atom. The van der Waals surface area contributed by atoms with Crippen molar-refractivity contribution in [2.24, 2.45) is 5.10 Å². The summed E-state index contributed by atoms with van der Waals surface area (Å²) in [7, 11) is 1.64. The quantitative estimate of drug-likeness (QED) is 0.848. The summed E-state index contributed by atoms with van der Waals surface area (Å²) < 4.78 is 5.27. The lowest BCUT2D eigenvalue weighted by Crippen LogP contribution is -2.44. The first-order valence-electron chi connectivity index (χ1n) is 10.1. The zero-order valence-electron chi connectivity index (χ0n) is 16.7. The summed E-state index contributed by atoms with van der Waals surface area (Å²) >= 11 is 0. The van der Waals surface area contributed by atoms with Gasteiger partial charge in [-0.3, -0.25) is 9.69 Å². The molecule has 0 bridgehead atoms. The molecule has 4 rings (SSSR count). The molecule has 0 saturated carbocycles. The lowest BCUT2D eigenvalue weighted by molar-refractivity contribution is -0.134. The Morgan fingerprint density at radius 3 is 2.62 bits per heavy atom. The number of hydrogen-bond acceptors (Lipinski definition) is 5. The number of aliphatic hydroxyl groups is 1. The Hall–Kier alpha value is -2.70. The highest BCUT2D eigenvalue weighted by Crippen LogP contribution is 2.33. The van der Waals surface area contributed by atoms with E-state index in [2.05, 4.69) is 0 Å². The summed E-state index contributed by atoms with van der Waals surface area (Å²) in [6.45, 7) is 1.65. The maximum absolute atomic E-state index is 13.2. The molecule has 0 radical (unpaired) electrons. The number of methoxy groups -OCH3 is 1. The van der Waals surface area contributed by atoms with Crippen molar-refractivity contribution in [3.63, 3.8) is 0 Å². The Morgan fingerprint density at radius 1 is 1.17 bits per heavy atom. The summed E-state index contributed by atoms with van der Waals surface area (Å²) in [5.74, 6) is 0.752. The fraction of sp³-hybridized carbons (Fsp3) is 0.391. The van der Waals surface area contributed by atoms with E-state index in [1.807, 2.05) is 59.5 Å². The summed E-state index contributed by atoms with van der Waals surface area (Å²) in [6.07, 6.45) is 2.04. The highest BCUT2D eigenvalue weighted by molar-refractivity contribution is 6.03. The van der Waals surface area contributed by atoms with Crippen LogP contribution in [0.2, 0.25) is 0 Å². The number of aliphatic hydroxyl groups excluding tert-OH is 1. The van der Waals surface area contributed by atoms with E-state index in [0.717, 1.165) is 42.0 Å². The fourth-order valence-electron chi connectivity index (χ4n) is 4.07. The van der Waals surface area contributed by atoms with Gasteiger partial charge >= 0.3 is 0 Å². The van der Waals surface area contributed by atoms with Crippen LogP contribution in [0.4, 0.5) is 0 Å². The van der Waals surface area contributed by atoms with E-state index < -0.39 is 0 Å². The Balaban J connectivity index is 1.57. The number of piperidine rings is 1. The van der Waals surface area contributed by atoms with E-state index in [1.165, 1.54) is 0 Å². The molecule has 0 aliphatic carbocycles. The minimum Gasteiger partial charge on any atom is -0.497 e. The lowest BCUT2D eigenvalue weighted by Gasteiger charge is -2.31. The number of nitrogens with zero attached hydrogens (tertiary/aromatic N) is 3. The van der Waals surface area contributed by atoms with Crippen molar-refractivity contribution in [2.75, 3.05) is 26.7 Å². The van der Waals surface area contributed by atoms with E-state index in [9.17, 15) is 9.90 Å². The average Bonchev–Trinajstić information content (AvgIpc) is 3.20. The van der Waals surface area contributed by atoms with Gasteiger partial charge in [-0.15, -0.1) is 0 Å². The number of carbonyl (C=O) groups excluding carboxylic acids is 1. The molecule has 2 unspecified atom stereocenters. The molecule has 2 aliphatic heterocycles. The number of hydrogen-bond donors (Lipinski definition) is 1. The molecule has 1 fully saturated rings. The second-order valence-corrected chi connectivity index (χ2v) is 7.68. The minimum atomic E-state index is -0.351. The van der Waals surface area contributed by atoms with Gasteiger partial charge in [0.05, 0.1) is 31.5 Å². The molecule has 6 heteroatoms. The van der Waals surface area contributed by atoms with Crippen molar-refractivity contribution >= 4 is 11.6 Å². The van der Waals surface area contributed by atoms with E-state index in [1.54, 1.807) is 12.1 Å². The van der Waals surface area contributed by atoms with Gasteiger partial charge in [0.15, 0.2) is 0 Å². The third-order valence-electron chi connectivity index (χ3n) is 5.61. The van der Waals surface area contributed by atoms with Crippen molar-refractivity contribution < 1.29 is 14.6 Å². The van der Waals surface area contributed by atoms with Crippen LogP contribution in [-0.2, 0) is 4.79 Å². The maximum atomic E-state index is 13.2. The van der Waals surface area contributed by atoms with E-state index in [4.69, 9.17) is 9.84 Å². The molecular weight excluding hydrogens is 366 g/mol. The number of amides is 1. The van der Waals surface area contributed by atoms with Crippen LogP contribution in [0.1, 0.15) is 36.4 Å². The number of likely N-dealkylation sites (tertiary alicyclic amines) is 1. The first kappa shape index (κ1) is 19.6. The smallest absolute Gasteiger partial charge is 0.257 e. The average molecular weight is 393 g/mol. The molecule has 2 aromatic carbocycles. The van der Waals surface area contributed by atoms with Crippen LogP contribution in [0.5, 0.6) is 5.75 Å². The summed E-state index contributed by atoms with van der Waals surface area (Å²) in [5.41, 5.74) is 2.99. The molecule has 6 nitrogen and oxygen atoms in total. The fourth-order valence-corrected chi connectivity index (χ4v) is 4.07. The van der Waals surface area contributed by atoms with Gasteiger partial charge in [0.1, 0.15) is 5.75 Å². The molecule has 29 heavy (non-hydrogen) atoms. The molecule has 1 saturated heterocycles. The molecule has 0 spiro atoms. The van der Waals surface area contributed by atoms with Gasteiger partial charge in [0, 0.05) is 13.0 Å². The van der Waals surface area contributed by atoms with E-state index in [-0.39, 0.29) is 24.6 Å². The SMILES string of the molecule is COc1ccc(C2CC(c3ccccc3)=NN2C(=O)CN2CCCC(O)C2)cc1. The zero-order chi connectivity index (χ0) is 20.2. The van der Waals surface area contributed by atoms with E-state index in [0.29, 0.717) is 13.0 Å². The van der Waals surface area contributed by atoms with E-state index >= 15 is 0 Å². The van der Waals surface area contributed by atoms with Crippen LogP contribution in [0.25, 0.3) is 0 Å². The van der Waals surface area contributed by atoms with Gasteiger partial charge in [-0.05, 0) is 42.6 Å². The molecule has 1 amide bonds. The third-order valence-corrected chi connectivity index (χ3v) is 5.61. The van der Waals surface area contributed by atoms with Gasteiger partial charge in [-0.1, -0.05) is 42.5 Å². The second kappa shape index (κ2) is 8.76. The van der Waals surface area contributed by atoms with Crippen LogP contribution in [0.3, 0.4) is 0 Å². The number of benzene rings is 2. The summed E-state index contributed by atoms with van der Waals surface area (Å²) in [5, 5.41) is 16.3. The third kappa shape index (κ3) is 4.49. The normalized spacial score (nSPS) is 22.4. The number of rotatable bonds is 5. The highest BCUT2D eigenvalue weighted by Gasteiger charge is 2.34. The summed E-state index contributed by atoms with van der Waals surface area (Å²) in [4.78, 5) is 15.2. The van der Waals surface area contributed by atoms with Crippen LogP contribution >= 0.6 is 0 Å². The van der Waals surface area contributed by atoms with Crippen LogP contribution < -0.4 is 4.74 Å². The Bertz CT molecular complexity index is 867. The largest absolute Gasteiger partial charge is 0.497 e. The maximum Gasteiger partial charge on any atom is 0.257 e. The van der Waals surface area contributed by atoms with Crippen LogP contribution in [0.15, 0.2) is 59.7 Å². The van der Waals surface area contributed by atoms with Crippen molar-refractivity contribution in [1.82, 2.24) is 9.91 Å². The van der Waals surface area contributed by atoms with Crippen molar-refractivity contribution in [2.45, 2.75) is 31.4 Å². The first-order valence-corrected chi connectivity index (χ1v) is 10.1. The molecule has 2 aliphatic rings. The van der Waals surface area contributed by atoms with Crippen molar-refractivity contribution in [3.05, 3.63) is 65.7 Å². The minimum absolute atomic E-state index is 0.0363. The predicted molar refractivity (Wildman–Crippen MR) is 112 cm³/mol. The molecular formula is C23H27N3O3. The predicted octanol–water partition coefficient (Wildman–Crippen LogP) is 2.83. The highest BCUT2D eigenvalue weighted by atomic mass is 16.5. The lowest BCUT2D eigenvalue weighted by atomic mass is 9.98. The van der Waals surface area contributed by atoms with Gasteiger partial charge in [0.2, 0.25) is 0 Å². The molecule has 2 heterocycles. The monoisotopic (exact) mass is 393 g/mol. The summed E-state index contributed by atoms with van der Waals surface area (Å²) in [6, 6.07) is 17.7. The molecule has 1 N–H and O–H groups in total. The van der Waals surface area contributed by atoms with Crippen molar-refractivity contribution in [1.29, 1.82) is 0 Å². The Kier molecular flexibility index (Phi) is 5.92. The van der Waals surface area contributed by atoms with Crippen molar-refractivity contribution in [3.8, 4) is 5.75 Å². The van der Waals surface area contributed by atoms with Crippen LogP contribution in [-0.4, -0.2) is 59.5 Å².